The summed E-state index contributed by atoms with van der Waals surface area (Å²) in [5.74, 6) is -1.48. The lowest BCUT2D eigenvalue weighted by Gasteiger charge is -1.98. The molecule has 0 radical (unpaired) electrons. The number of carbonyl (C=O) groups is 2. The van der Waals surface area contributed by atoms with E-state index in [0.29, 0.717) is 0 Å². The Balaban J connectivity index is -0.000000386. The number of nitrogens with two attached hydrogens (primary N) is 1. The van der Waals surface area contributed by atoms with E-state index in [2.05, 4.69) is 24.2 Å². The van der Waals surface area contributed by atoms with E-state index in [4.69, 9.17) is 10.2 Å². The van der Waals surface area contributed by atoms with Gasteiger partial charge in [0, 0.05) is 19.9 Å². The van der Waals surface area contributed by atoms with E-state index in [9.17, 15) is 9.59 Å². The molecule has 0 unspecified atom stereocenters. The van der Waals surface area contributed by atoms with Crippen LogP contribution in [0.5, 0.6) is 0 Å². The van der Waals surface area contributed by atoms with Crippen LogP contribution in [0.1, 0.15) is 51.4 Å². The van der Waals surface area contributed by atoms with Gasteiger partial charge in [0.1, 0.15) is 0 Å². The minimum atomic E-state index is -0.740. The number of aliphatic carboxylic acids is 2. The molecule has 0 aromatic carbocycles. The highest BCUT2D eigenvalue weighted by atomic mass is 16.4. The highest BCUT2D eigenvalue weighted by Gasteiger charge is 1.98. The Morgan fingerprint density at radius 2 is 1.19 bits per heavy atom. The van der Waals surface area contributed by atoms with E-state index in [-0.39, 0.29) is 12.8 Å². The molecule has 0 rings (SSSR count). The van der Waals surface area contributed by atoms with Gasteiger partial charge in [-0.3, -0.25) is 9.59 Å². The smallest absolute Gasteiger partial charge is 0.303 e. The summed E-state index contributed by atoms with van der Waals surface area (Å²) in [4.78, 5) is 20.3. The summed E-state index contributed by atoms with van der Waals surface area (Å²) in [6.07, 6.45) is 8.70. The van der Waals surface area contributed by atoms with Gasteiger partial charge in [0.15, 0.2) is 0 Å². The zero-order valence-corrected chi connectivity index (χ0v) is 13.0. The van der Waals surface area contributed by atoms with Gasteiger partial charge in [0.05, 0.1) is 0 Å². The molecule has 6 nitrogen and oxygen atoms in total. The van der Waals surface area contributed by atoms with Crippen molar-refractivity contribution in [3.05, 3.63) is 25.6 Å². The van der Waals surface area contributed by atoms with Crippen molar-refractivity contribution in [2.45, 2.75) is 51.4 Å². The largest absolute Gasteiger partial charge is 0.481 e. The molecule has 0 amide bonds. The number of hydrogen-bond donors (Lipinski definition) is 4. The van der Waals surface area contributed by atoms with Gasteiger partial charge in [-0.2, -0.15) is 0 Å². The maximum Gasteiger partial charge on any atom is 0.303 e. The van der Waals surface area contributed by atoms with Gasteiger partial charge in [0.2, 0.25) is 0 Å². The van der Waals surface area contributed by atoms with Gasteiger partial charge in [-0.15, -0.1) is 0 Å². The van der Waals surface area contributed by atoms with Crippen molar-refractivity contribution in [1.29, 1.82) is 0 Å². The molecule has 0 saturated carbocycles. The molecule has 5 N–H and O–H groups in total. The molecule has 6 heteroatoms. The SMILES string of the molecule is C=CN.C=CNC.O=C(O)CCCCCCCCC(=O)O. The molecular formula is C15H30N2O4. The topological polar surface area (TPSA) is 113 Å². The molecule has 0 fully saturated rings. The van der Waals surface area contributed by atoms with Crippen LogP contribution in [-0.2, 0) is 9.59 Å². The predicted octanol–water partition coefficient (Wildman–Crippen LogP) is 2.71. The molecule has 124 valence electrons. The summed E-state index contributed by atoms with van der Waals surface area (Å²) in [5, 5.41) is 19.4. The van der Waals surface area contributed by atoms with E-state index in [1.165, 1.54) is 6.20 Å². The molecule has 0 bridgehead atoms. The first kappa shape index (κ1) is 24.1. The van der Waals surface area contributed by atoms with Crippen LogP contribution in [-0.4, -0.2) is 29.2 Å². The van der Waals surface area contributed by atoms with E-state index in [0.717, 1.165) is 38.5 Å². The summed E-state index contributed by atoms with van der Waals surface area (Å²) < 4.78 is 0. The third-order valence-corrected chi connectivity index (χ3v) is 2.24. The zero-order valence-electron chi connectivity index (χ0n) is 13.0. The first-order valence-corrected chi connectivity index (χ1v) is 7.00. The van der Waals surface area contributed by atoms with Crippen molar-refractivity contribution in [1.82, 2.24) is 5.32 Å². The molecule has 0 aliphatic rings. The van der Waals surface area contributed by atoms with Crippen LogP contribution in [0.4, 0.5) is 0 Å². The molecule has 0 aromatic rings. The van der Waals surface area contributed by atoms with Crippen molar-refractivity contribution in [3.8, 4) is 0 Å². The molecular weight excluding hydrogens is 272 g/mol. The molecule has 0 aliphatic carbocycles. The summed E-state index contributed by atoms with van der Waals surface area (Å²) >= 11 is 0. The Morgan fingerprint density at radius 3 is 1.38 bits per heavy atom. The van der Waals surface area contributed by atoms with E-state index >= 15 is 0 Å². The summed E-state index contributed by atoms with van der Waals surface area (Å²) in [6, 6.07) is 0. The number of unbranched alkanes of at least 4 members (excludes halogenated alkanes) is 5. The number of nitrogens with one attached hydrogen (secondary N) is 1. The number of rotatable bonds is 10. The lowest BCUT2D eigenvalue weighted by molar-refractivity contribution is -0.138. The minimum absolute atomic E-state index is 0.245. The predicted molar refractivity (Wildman–Crippen MR) is 85.8 cm³/mol. The van der Waals surface area contributed by atoms with Crippen LogP contribution in [0.3, 0.4) is 0 Å². The highest BCUT2D eigenvalue weighted by Crippen LogP contribution is 2.08. The van der Waals surface area contributed by atoms with Crippen LogP contribution in [0.25, 0.3) is 0 Å². The van der Waals surface area contributed by atoms with Crippen molar-refractivity contribution in [2.24, 2.45) is 5.73 Å². The van der Waals surface area contributed by atoms with Crippen LogP contribution in [0.15, 0.2) is 25.6 Å². The number of hydrogen-bond acceptors (Lipinski definition) is 4. The average Bonchev–Trinajstić information content (AvgIpc) is 2.42. The molecule has 21 heavy (non-hydrogen) atoms. The molecule has 0 saturated heterocycles. The first-order chi connectivity index (χ1) is 9.95. The van der Waals surface area contributed by atoms with E-state index < -0.39 is 11.9 Å². The Kier molecular flexibility index (Phi) is 26.5. The second-order valence-corrected chi connectivity index (χ2v) is 4.14. The fourth-order valence-electron chi connectivity index (χ4n) is 1.26. The third kappa shape index (κ3) is 46.1. The van der Waals surface area contributed by atoms with Gasteiger partial charge < -0.3 is 21.3 Å². The summed E-state index contributed by atoms with van der Waals surface area (Å²) in [5.41, 5.74) is 4.61. The standard InChI is InChI=1S/C10H18O4.C3H7N.C2H5N/c11-9(12)7-5-3-1-2-4-6-8-10(13)14;1-3-4-2;1-2-3/h1-8H2,(H,11,12)(H,13,14);3-4H,1H2,2H3;2H,1,3H2. The van der Waals surface area contributed by atoms with Gasteiger partial charge in [-0.1, -0.05) is 38.8 Å². The monoisotopic (exact) mass is 302 g/mol. The molecule has 0 heterocycles. The van der Waals surface area contributed by atoms with Gasteiger partial charge in [-0.25, -0.2) is 0 Å². The lowest BCUT2D eigenvalue weighted by atomic mass is 10.1. The van der Waals surface area contributed by atoms with Gasteiger partial charge in [-0.05, 0) is 25.2 Å². The maximum absolute atomic E-state index is 10.1. The first-order valence-electron chi connectivity index (χ1n) is 7.00. The Morgan fingerprint density at radius 1 is 0.952 bits per heavy atom. The summed E-state index contributed by atoms with van der Waals surface area (Å²) in [7, 11) is 1.81. The number of carboxylic acids is 2. The zero-order chi connectivity index (χ0) is 16.9. The lowest BCUT2D eigenvalue weighted by Crippen LogP contribution is -1.94. The molecule has 0 spiro atoms. The fourth-order valence-corrected chi connectivity index (χ4v) is 1.26. The van der Waals surface area contributed by atoms with Crippen molar-refractivity contribution in [2.75, 3.05) is 7.05 Å². The van der Waals surface area contributed by atoms with Gasteiger partial charge in [0.25, 0.3) is 0 Å². The van der Waals surface area contributed by atoms with Crippen LogP contribution in [0.2, 0.25) is 0 Å². The fraction of sp³-hybridized carbons (Fsp3) is 0.600. The van der Waals surface area contributed by atoms with Crippen LogP contribution >= 0.6 is 0 Å². The number of carboxylic acid groups (broad SMARTS) is 2. The molecule has 0 aromatic heterocycles. The highest BCUT2D eigenvalue weighted by molar-refractivity contribution is 5.66. The summed E-state index contributed by atoms with van der Waals surface area (Å²) in [6.45, 7) is 6.51. The quantitative estimate of drug-likeness (QED) is 0.461. The third-order valence-electron chi connectivity index (χ3n) is 2.24. The average molecular weight is 302 g/mol. The minimum Gasteiger partial charge on any atom is -0.481 e. The van der Waals surface area contributed by atoms with Crippen molar-refractivity contribution >= 4 is 11.9 Å². The molecule has 0 aliphatic heterocycles. The van der Waals surface area contributed by atoms with Crippen molar-refractivity contribution in [3.63, 3.8) is 0 Å². The van der Waals surface area contributed by atoms with Crippen LogP contribution < -0.4 is 11.1 Å². The molecule has 0 atom stereocenters. The Bertz CT molecular complexity index is 248. The second-order valence-electron chi connectivity index (χ2n) is 4.14. The maximum atomic E-state index is 10.1. The van der Waals surface area contributed by atoms with Gasteiger partial charge >= 0.3 is 11.9 Å². The van der Waals surface area contributed by atoms with Crippen LogP contribution in [0, 0.1) is 0 Å². The normalized spacial score (nSPS) is 8.24. The van der Waals surface area contributed by atoms with E-state index in [1.807, 2.05) is 7.05 Å². The Labute approximate surface area is 127 Å². The van der Waals surface area contributed by atoms with Crippen molar-refractivity contribution < 1.29 is 19.8 Å². The van der Waals surface area contributed by atoms with E-state index in [1.54, 1.807) is 6.20 Å². The second kappa shape index (κ2) is 23.1. The Hall–Kier alpha value is -1.98.